The molecule has 1 N–H and O–H groups in total. The highest BCUT2D eigenvalue weighted by molar-refractivity contribution is 5.68. The summed E-state index contributed by atoms with van der Waals surface area (Å²) < 4.78 is 12.3. The van der Waals surface area contributed by atoms with Crippen molar-refractivity contribution < 1.29 is 14.3 Å². The molecule has 152 valence electrons. The van der Waals surface area contributed by atoms with Gasteiger partial charge in [-0.25, -0.2) is 14.7 Å². The Morgan fingerprint density at radius 2 is 1.86 bits per heavy atom. The first kappa shape index (κ1) is 20.0. The summed E-state index contributed by atoms with van der Waals surface area (Å²) in [6, 6.07) is 7.62. The van der Waals surface area contributed by atoms with Gasteiger partial charge in [-0.05, 0) is 51.3 Å². The fourth-order valence-corrected chi connectivity index (χ4v) is 3.35. The Bertz CT molecular complexity index is 856. The van der Waals surface area contributed by atoms with E-state index >= 15 is 0 Å². The van der Waals surface area contributed by atoms with E-state index in [1.165, 1.54) is 0 Å². The molecule has 0 aliphatic carbocycles. The molecule has 0 atom stereocenters. The Balaban J connectivity index is 1.67. The smallest absolute Gasteiger partial charge is 0.410 e. The summed E-state index contributed by atoms with van der Waals surface area (Å²) in [6.07, 6.45) is 1.20. The zero-order chi connectivity index (χ0) is 20.3. The van der Waals surface area contributed by atoms with E-state index in [0.717, 1.165) is 30.0 Å². The van der Waals surface area contributed by atoms with Crippen LogP contribution in [0.1, 0.15) is 50.9 Å². The molecule has 1 saturated heterocycles. The fourth-order valence-electron chi connectivity index (χ4n) is 3.35. The molecule has 2 heterocycles. The topological polar surface area (TPSA) is 89.4 Å². The molecule has 0 bridgehead atoms. The summed E-state index contributed by atoms with van der Waals surface area (Å²) >= 11 is 0. The number of rotatable bonds is 4. The van der Waals surface area contributed by atoms with Crippen molar-refractivity contribution >= 4 is 6.09 Å². The highest BCUT2D eigenvalue weighted by atomic mass is 16.6. The second-order valence-corrected chi connectivity index (χ2v) is 8.06. The number of piperidine rings is 1. The highest BCUT2D eigenvalue weighted by Gasteiger charge is 2.30. The van der Waals surface area contributed by atoms with E-state index in [0.29, 0.717) is 19.6 Å². The van der Waals surface area contributed by atoms with Crippen LogP contribution < -0.4 is 10.4 Å². The number of benzene rings is 1. The van der Waals surface area contributed by atoms with Crippen LogP contribution >= 0.6 is 0 Å². The van der Waals surface area contributed by atoms with E-state index in [-0.39, 0.29) is 17.7 Å². The molecule has 2 aromatic rings. The molecule has 1 aliphatic rings. The van der Waals surface area contributed by atoms with E-state index in [1.807, 2.05) is 45.0 Å². The highest BCUT2D eigenvalue weighted by Crippen LogP contribution is 2.27. The largest absolute Gasteiger partial charge is 0.497 e. The van der Waals surface area contributed by atoms with Gasteiger partial charge in [0.1, 0.15) is 17.2 Å². The summed E-state index contributed by atoms with van der Waals surface area (Å²) in [5.41, 5.74) is 0.270. The number of amides is 1. The third-order valence-corrected chi connectivity index (χ3v) is 4.80. The Hall–Kier alpha value is -2.77. The van der Waals surface area contributed by atoms with Gasteiger partial charge in [0.15, 0.2) is 0 Å². The number of H-pyrrole nitrogens is 1. The van der Waals surface area contributed by atoms with Gasteiger partial charge in [-0.3, -0.25) is 4.57 Å². The van der Waals surface area contributed by atoms with Crippen molar-refractivity contribution in [1.29, 1.82) is 0 Å². The maximum absolute atomic E-state index is 12.3. The number of aromatic nitrogens is 3. The van der Waals surface area contributed by atoms with Gasteiger partial charge in [-0.1, -0.05) is 12.1 Å². The number of nitrogens with zero attached hydrogens (tertiary/aromatic N) is 3. The number of hydrogen-bond acceptors (Lipinski definition) is 5. The van der Waals surface area contributed by atoms with Gasteiger partial charge >= 0.3 is 11.8 Å². The SMILES string of the molecule is COc1ccc(Cn2c(C3CCN(C(=O)OC(C)(C)C)CC3)n[nH]c2=O)cc1. The number of hydrogen-bond donors (Lipinski definition) is 1. The molecular formula is C20H28N4O4. The minimum Gasteiger partial charge on any atom is -0.497 e. The molecule has 3 rings (SSSR count). The van der Waals surface area contributed by atoms with Crippen molar-refractivity contribution in [2.45, 2.75) is 51.7 Å². The number of ether oxygens (including phenoxy) is 2. The molecule has 0 radical (unpaired) electrons. The van der Waals surface area contributed by atoms with Crippen LogP contribution in [0.25, 0.3) is 0 Å². The zero-order valence-corrected chi connectivity index (χ0v) is 16.9. The number of nitrogens with one attached hydrogen (secondary N) is 1. The molecule has 1 aliphatic heterocycles. The van der Waals surface area contributed by atoms with Crippen LogP contribution in [0.15, 0.2) is 29.1 Å². The van der Waals surface area contributed by atoms with Gasteiger partial charge in [0.25, 0.3) is 0 Å². The lowest BCUT2D eigenvalue weighted by Crippen LogP contribution is -2.41. The van der Waals surface area contributed by atoms with Crippen LogP contribution in [-0.4, -0.2) is 51.6 Å². The van der Waals surface area contributed by atoms with E-state index in [4.69, 9.17) is 9.47 Å². The third kappa shape index (κ3) is 4.74. The molecule has 1 amide bonds. The molecular weight excluding hydrogens is 360 g/mol. The summed E-state index contributed by atoms with van der Waals surface area (Å²) in [6.45, 7) is 7.20. The Kier molecular flexibility index (Phi) is 5.76. The maximum atomic E-state index is 12.3. The van der Waals surface area contributed by atoms with Gasteiger partial charge in [-0.15, -0.1) is 0 Å². The van der Waals surface area contributed by atoms with Gasteiger partial charge in [0.2, 0.25) is 0 Å². The van der Waals surface area contributed by atoms with Crippen LogP contribution in [0.2, 0.25) is 0 Å². The van der Waals surface area contributed by atoms with Gasteiger partial charge in [0, 0.05) is 19.0 Å². The average Bonchev–Trinajstić information content (AvgIpc) is 3.01. The number of methoxy groups -OCH3 is 1. The van der Waals surface area contributed by atoms with E-state index < -0.39 is 5.60 Å². The standard InChI is InChI=1S/C20H28N4O4/c1-20(2,3)28-19(26)23-11-9-15(10-12-23)17-21-22-18(25)24(17)13-14-5-7-16(27-4)8-6-14/h5-8,15H,9-13H2,1-4H3,(H,22,25). The van der Waals surface area contributed by atoms with E-state index in [1.54, 1.807) is 16.6 Å². The molecule has 0 unspecified atom stereocenters. The molecule has 1 aromatic carbocycles. The van der Waals surface area contributed by atoms with Crippen LogP contribution in [0.5, 0.6) is 5.75 Å². The second-order valence-electron chi connectivity index (χ2n) is 8.06. The molecule has 1 fully saturated rings. The molecule has 8 heteroatoms. The van der Waals surface area contributed by atoms with Crippen molar-refractivity contribution in [3.8, 4) is 5.75 Å². The predicted octanol–water partition coefficient (Wildman–Crippen LogP) is 2.74. The van der Waals surface area contributed by atoms with Crippen molar-refractivity contribution in [2.75, 3.05) is 20.2 Å². The summed E-state index contributed by atoms with van der Waals surface area (Å²) in [5.74, 6) is 1.64. The quantitative estimate of drug-likeness (QED) is 0.870. The molecule has 8 nitrogen and oxygen atoms in total. The van der Waals surface area contributed by atoms with Crippen molar-refractivity contribution in [3.63, 3.8) is 0 Å². The Morgan fingerprint density at radius 3 is 2.43 bits per heavy atom. The maximum Gasteiger partial charge on any atom is 0.410 e. The van der Waals surface area contributed by atoms with Crippen LogP contribution in [0, 0.1) is 0 Å². The number of likely N-dealkylation sites (tertiary alicyclic amines) is 1. The first-order chi connectivity index (χ1) is 13.3. The van der Waals surface area contributed by atoms with Gasteiger partial charge in [0.05, 0.1) is 13.7 Å². The van der Waals surface area contributed by atoms with Crippen molar-refractivity contribution in [3.05, 3.63) is 46.1 Å². The molecule has 1 aromatic heterocycles. The lowest BCUT2D eigenvalue weighted by atomic mass is 9.96. The Labute approximate surface area is 164 Å². The fraction of sp³-hybridized carbons (Fsp3) is 0.550. The van der Waals surface area contributed by atoms with Crippen molar-refractivity contribution in [1.82, 2.24) is 19.7 Å². The molecule has 28 heavy (non-hydrogen) atoms. The second kappa shape index (κ2) is 8.08. The number of aromatic amines is 1. The van der Waals surface area contributed by atoms with Gasteiger partial charge < -0.3 is 14.4 Å². The van der Waals surface area contributed by atoms with Gasteiger partial charge in [-0.2, -0.15) is 5.10 Å². The summed E-state index contributed by atoms with van der Waals surface area (Å²) in [7, 11) is 1.62. The van der Waals surface area contributed by atoms with Crippen LogP contribution in [-0.2, 0) is 11.3 Å². The lowest BCUT2D eigenvalue weighted by Gasteiger charge is -2.33. The predicted molar refractivity (Wildman–Crippen MR) is 105 cm³/mol. The minimum absolute atomic E-state index is 0.121. The summed E-state index contributed by atoms with van der Waals surface area (Å²) in [4.78, 5) is 26.2. The molecule has 0 saturated carbocycles. The monoisotopic (exact) mass is 388 g/mol. The zero-order valence-electron chi connectivity index (χ0n) is 16.9. The van der Waals surface area contributed by atoms with E-state index in [2.05, 4.69) is 10.2 Å². The minimum atomic E-state index is -0.505. The Morgan fingerprint density at radius 1 is 1.21 bits per heavy atom. The lowest BCUT2D eigenvalue weighted by molar-refractivity contribution is 0.0202. The normalized spacial score (nSPS) is 15.5. The van der Waals surface area contributed by atoms with Crippen LogP contribution in [0.4, 0.5) is 4.79 Å². The van der Waals surface area contributed by atoms with E-state index in [9.17, 15) is 9.59 Å². The van der Waals surface area contributed by atoms with Crippen LogP contribution in [0.3, 0.4) is 0 Å². The number of carbonyl (C=O) groups is 1. The molecule has 0 spiro atoms. The first-order valence-electron chi connectivity index (χ1n) is 9.53. The summed E-state index contributed by atoms with van der Waals surface area (Å²) in [5, 5.41) is 6.83. The number of carbonyl (C=O) groups excluding carboxylic acids is 1. The average molecular weight is 388 g/mol. The van der Waals surface area contributed by atoms with Crippen molar-refractivity contribution in [2.24, 2.45) is 0 Å². The first-order valence-corrected chi connectivity index (χ1v) is 9.53. The third-order valence-electron chi connectivity index (χ3n) is 4.80.